The molecule has 8 aromatic carbocycles. The van der Waals surface area contributed by atoms with Gasteiger partial charge >= 0.3 is 11.4 Å². The van der Waals surface area contributed by atoms with Gasteiger partial charge in [-0.2, -0.15) is 7.42 Å². The number of nitro benzene ring substituents is 2. The Kier molecular flexibility index (Phi) is 33.3. The van der Waals surface area contributed by atoms with Crippen molar-refractivity contribution in [2.24, 2.45) is 0 Å². The van der Waals surface area contributed by atoms with Gasteiger partial charge in [0.2, 0.25) is 40.1 Å². The Balaban J connectivity index is 0.000000224. The number of ether oxygens (including phenoxy) is 8. The number of amides is 8. The minimum atomic E-state index is -4.44. The van der Waals surface area contributed by atoms with Crippen molar-refractivity contribution in [2.75, 3.05) is 135 Å². The molecule has 0 fully saturated rings. The minimum absolute atomic E-state index is 0. The fourth-order valence-corrected chi connectivity index (χ4v) is 24.0. The number of Topliss-reactive ketones (excluding diaryl/α,β-unsaturated/α-hetero) is 1. The first kappa shape index (κ1) is 108. The number of anilines is 4. The van der Waals surface area contributed by atoms with Crippen LogP contribution in [0.3, 0.4) is 0 Å². The van der Waals surface area contributed by atoms with E-state index in [9.17, 15) is 122 Å². The Hall–Kier alpha value is -14.0. The second-order valence-corrected chi connectivity index (χ2v) is 44.9. The Morgan fingerprint density at radius 2 is 0.642 bits per heavy atom. The molecule has 0 saturated heterocycles. The van der Waals surface area contributed by atoms with Crippen molar-refractivity contribution in [3.63, 3.8) is 0 Å². The summed E-state index contributed by atoms with van der Waals surface area (Å²) < 4.78 is 215. The number of ketones is 1. The van der Waals surface area contributed by atoms with Crippen LogP contribution in [0.2, 0.25) is 0 Å². The molecule has 4 aliphatic rings. The fourth-order valence-electron chi connectivity index (χ4n) is 15.3. The van der Waals surface area contributed by atoms with Gasteiger partial charge in [0.1, 0.15) is 40.9 Å². The normalized spacial score (nSPS) is 14.4. The highest BCUT2D eigenvalue weighted by atomic mass is 32.3. The Morgan fingerprint density at radius 3 is 0.934 bits per heavy atom. The van der Waals surface area contributed by atoms with Crippen molar-refractivity contribution in [2.45, 2.75) is 65.7 Å². The lowest BCUT2D eigenvalue weighted by atomic mass is 9.99. The van der Waals surface area contributed by atoms with E-state index in [1.54, 1.807) is 51.1 Å². The highest BCUT2D eigenvalue weighted by molar-refractivity contribution is 8.10. The number of methoxy groups -OCH3 is 5. The molecular formula is C85H96N10O35S7. The molecule has 4 aliphatic heterocycles. The summed E-state index contributed by atoms with van der Waals surface area (Å²) in [5.74, 6) is -6.76. The molecule has 8 amide bonds. The molecule has 0 aromatic heterocycles. The minimum Gasteiger partial charge on any atom is -0.493 e. The molecule has 137 heavy (non-hydrogen) atoms. The zero-order valence-electron chi connectivity index (χ0n) is 75.3. The molecule has 0 saturated carbocycles. The van der Waals surface area contributed by atoms with Crippen molar-refractivity contribution in [3.05, 3.63) is 220 Å². The first-order valence-corrected chi connectivity index (χ1v) is 53.3. The summed E-state index contributed by atoms with van der Waals surface area (Å²) >= 11 is 0. The van der Waals surface area contributed by atoms with E-state index in [-0.39, 0.29) is 102 Å². The Labute approximate surface area is 788 Å². The molecule has 0 spiro atoms. The monoisotopic (exact) mass is 2040 g/mol. The van der Waals surface area contributed by atoms with Gasteiger partial charge in [0, 0.05) is 31.3 Å². The quantitative estimate of drug-likeness (QED) is 0.0168. The number of hydrogen-bond donors (Lipinski definition) is 2. The van der Waals surface area contributed by atoms with Crippen molar-refractivity contribution in [1.29, 1.82) is 0 Å². The van der Waals surface area contributed by atoms with E-state index in [0.717, 1.165) is 52.8 Å². The molecular weight excluding hydrogens is 1950 g/mol. The summed E-state index contributed by atoms with van der Waals surface area (Å²) in [5, 5.41) is 22.9. The SMILES string of the molecule is C.CCOc1cc(C(CS(C)(=O)=O)N2C(=O)c3ccc(N)c(N)c3C2=O)ccc1OC.CCOc1cc(C(CS(C)(=O)=O)N2C(=O)c3ccc([N+](=O)[O-])c([N+](=O)[O-])c3C2=O)ccc1OC.CCOc1cc(C(CS(C)(=O)=O)N2C(=O)c3cccc(N(S(C)(=O)=O)S(C)(=O)=O)c3C2=O)ccc1OC.COc1ccc(C(CC(C)=O)N2C(=O)c3cccc(N(S(C)(=O)=O)S(C)(=O)=O)c3C2=O)cc1OC. The summed E-state index contributed by atoms with van der Waals surface area (Å²) in [5.41, 5.74) is 7.56. The predicted molar refractivity (Wildman–Crippen MR) is 498 cm³/mol. The van der Waals surface area contributed by atoms with E-state index in [1.807, 2.05) is 0 Å². The summed E-state index contributed by atoms with van der Waals surface area (Å²) in [6, 6.07) is 25.0. The first-order valence-electron chi connectivity index (χ1n) is 39.7. The number of nitrogens with two attached hydrogens (primary N) is 2. The van der Waals surface area contributed by atoms with Crippen molar-refractivity contribution >= 4 is 157 Å². The number of nitrogen functional groups attached to an aromatic ring is 2. The molecule has 52 heteroatoms. The second kappa shape index (κ2) is 42.1. The second-order valence-electron chi connectivity index (χ2n) is 30.5. The maximum Gasteiger partial charge on any atom is 0.359 e. The fraction of sp³-hybridized carbons (Fsp3) is 0.329. The number of nitro groups is 2. The van der Waals surface area contributed by atoms with Crippen LogP contribution in [0, 0.1) is 20.2 Å². The number of fused-ring (bicyclic) bond motifs is 4. The van der Waals surface area contributed by atoms with Gasteiger partial charge in [-0.1, -0.05) is 43.8 Å². The van der Waals surface area contributed by atoms with E-state index in [1.165, 1.54) is 121 Å². The number of benzene rings is 8. The van der Waals surface area contributed by atoms with Crippen LogP contribution >= 0.6 is 0 Å². The molecule has 45 nitrogen and oxygen atoms in total. The molecule has 8 aromatic rings. The molecule has 4 N–H and O–H groups in total. The maximum absolute atomic E-state index is 13.7. The van der Waals surface area contributed by atoms with Gasteiger partial charge in [-0.05, 0) is 141 Å². The number of hydrogen-bond acceptors (Lipinski definition) is 37. The summed E-state index contributed by atoms with van der Waals surface area (Å²) in [4.78, 5) is 143. The topological polar surface area (TPSA) is 624 Å². The number of nitrogens with zero attached hydrogens (tertiary/aromatic N) is 8. The van der Waals surface area contributed by atoms with Crippen LogP contribution in [-0.4, -0.2) is 258 Å². The zero-order chi connectivity index (χ0) is 102. The summed E-state index contributed by atoms with van der Waals surface area (Å²) in [7, 11) is -21.7. The Morgan fingerprint density at radius 1 is 0.365 bits per heavy atom. The summed E-state index contributed by atoms with van der Waals surface area (Å²) in [6.45, 7) is 7.35. The van der Waals surface area contributed by atoms with Crippen molar-refractivity contribution in [1.82, 2.24) is 19.6 Å². The van der Waals surface area contributed by atoms with Crippen LogP contribution in [0.25, 0.3) is 0 Å². The average molecular weight is 2040 g/mol. The van der Waals surface area contributed by atoms with Gasteiger partial charge in [0.15, 0.2) is 46.0 Å². The standard InChI is InChI=1S/C22H26N2O10S3.C22H24N2O9S2.C20H19N3O10S.C20H23N3O6S.CH4/c1-6-34-19-12-14(10-11-18(19)33-2)17(13-35(3,27)28)23-21(25)15-8-7-9-16(20(15)22(23)26)24(36(4,29)30)37(5,31)32;1-13(25)11-17(14-9-10-18(32-2)19(12-14)33-3)23-21(26)15-7-6-8-16(20(15)22(23)27)24(34(4,28)29)35(5,30)31;1-4-33-16-9-11(5-8-15(16)32-2)14(10-34(3,30)31)21-19(24)12-6-7-13(22(26)27)18(23(28)29)17(12)20(21)25;1-4-29-16-9-11(5-8-15(16)28-2)14(10-30(3,26)27)23-19(24)12-6-7-13(21)18(22)17(12)20(23)25;/h7-12,17H,6,13H2,1-5H3;6-10,12,17H,11H2,1-5H3;5-9,14H,4,10H2,1-3H3;5-9,14H,4,10,21-22H2,1-3H3;1H4. The third-order valence-electron chi connectivity index (χ3n) is 20.5. The molecule has 4 unspecified atom stereocenters. The van der Waals surface area contributed by atoms with Gasteiger partial charge < -0.3 is 49.4 Å². The lowest BCUT2D eigenvalue weighted by Crippen LogP contribution is -2.39. The van der Waals surface area contributed by atoms with Crippen LogP contribution < -0.4 is 56.8 Å². The third kappa shape index (κ3) is 23.4. The molecule has 738 valence electrons. The van der Waals surface area contributed by atoms with E-state index in [2.05, 4.69) is 0 Å². The molecule has 12 rings (SSSR count). The lowest BCUT2D eigenvalue weighted by Gasteiger charge is -2.27. The van der Waals surface area contributed by atoms with Crippen LogP contribution in [0.15, 0.2) is 133 Å². The highest BCUT2D eigenvalue weighted by Gasteiger charge is 2.52. The highest BCUT2D eigenvalue weighted by Crippen LogP contribution is 2.48. The third-order valence-corrected chi connectivity index (χ3v) is 29.8. The van der Waals surface area contributed by atoms with Crippen LogP contribution in [0.5, 0.6) is 46.0 Å². The Bertz CT molecular complexity index is 7080. The van der Waals surface area contributed by atoms with Crippen LogP contribution in [0.4, 0.5) is 34.1 Å². The number of carbonyl (C=O) groups excluding carboxylic acids is 9. The molecule has 0 aliphatic carbocycles. The molecule has 4 heterocycles. The van der Waals surface area contributed by atoms with Gasteiger partial charge in [0.25, 0.3) is 47.3 Å². The van der Waals surface area contributed by atoms with Crippen molar-refractivity contribution in [3.8, 4) is 46.0 Å². The largest absolute Gasteiger partial charge is 0.493 e. The van der Waals surface area contributed by atoms with E-state index >= 15 is 0 Å². The number of imide groups is 4. The number of sulfone groups is 3. The average Bonchev–Trinajstić information content (AvgIpc) is 1.60. The predicted octanol–water partition coefficient (Wildman–Crippen LogP) is 7.52. The van der Waals surface area contributed by atoms with Gasteiger partial charge in [-0.15, -0.1) is 0 Å². The molecule has 0 bridgehead atoms. The zero-order valence-corrected chi connectivity index (χ0v) is 81.1. The number of rotatable bonds is 35. The molecule has 4 atom stereocenters. The lowest BCUT2D eigenvalue weighted by molar-refractivity contribution is -0.422. The first-order chi connectivity index (χ1) is 63.2. The maximum atomic E-state index is 13.7. The van der Waals surface area contributed by atoms with Gasteiger partial charge in [0.05, 0.1) is 193 Å². The smallest absolute Gasteiger partial charge is 0.359 e. The van der Waals surface area contributed by atoms with E-state index in [0.29, 0.717) is 87.1 Å². The van der Waals surface area contributed by atoms with Crippen LogP contribution in [-0.2, 0) is 74.4 Å². The number of sulfonamides is 4. The molecule has 0 radical (unpaired) electrons. The van der Waals surface area contributed by atoms with E-state index in [4.69, 9.17) is 49.4 Å². The van der Waals surface area contributed by atoms with Crippen molar-refractivity contribution < 1.29 is 150 Å². The summed E-state index contributed by atoms with van der Waals surface area (Å²) in [6.07, 6.45) is 5.28. The van der Waals surface area contributed by atoms with Gasteiger partial charge in [-0.25, -0.2) is 58.9 Å². The number of carbonyl (C=O) groups is 9. The van der Waals surface area contributed by atoms with Crippen LogP contribution in [0.1, 0.15) is 171 Å². The van der Waals surface area contributed by atoms with E-state index < -0.39 is 208 Å². The van der Waals surface area contributed by atoms with Gasteiger partial charge in [-0.3, -0.25) is 83.0 Å².